The van der Waals surface area contributed by atoms with Crippen LogP contribution in [0.4, 0.5) is 0 Å². The van der Waals surface area contributed by atoms with Crippen molar-refractivity contribution in [1.82, 2.24) is 4.72 Å². The number of halogens is 1. The van der Waals surface area contributed by atoms with Crippen LogP contribution in [0.5, 0.6) is 0 Å². The van der Waals surface area contributed by atoms with E-state index in [0.29, 0.717) is 10.6 Å². The third-order valence-electron chi connectivity index (χ3n) is 2.28. The van der Waals surface area contributed by atoms with Crippen molar-refractivity contribution >= 4 is 21.6 Å². The number of hydrogen-bond donors (Lipinski definition) is 1. The number of sulfonamides is 1. The van der Waals surface area contributed by atoms with Gasteiger partial charge in [-0.1, -0.05) is 17.7 Å². The summed E-state index contributed by atoms with van der Waals surface area (Å²) in [4.78, 5) is 0.287. The van der Waals surface area contributed by atoms with Crippen molar-refractivity contribution in [2.24, 2.45) is 0 Å². The normalized spacial score (nSPS) is 21.9. The maximum Gasteiger partial charge on any atom is 0.241 e. The molecule has 0 spiro atoms. The van der Waals surface area contributed by atoms with Gasteiger partial charge in [-0.05, 0) is 26.0 Å². The fraction of sp³-hybridized carbons (Fsp3) is 0.333. The molecule has 1 aliphatic heterocycles. The minimum Gasteiger partial charge on any atom is -0.207 e. The maximum absolute atomic E-state index is 11.7. The summed E-state index contributed by atoms with van der Waals surface area (Å²) in [7, 11) is -3.37. The van der Waals surface area contributed by atoms with Gasteiger partial charge in [0.1, 0.15) is 0 Å². The predicted octanol–water partition coefficient (Wildman–Crippen LogP) is 1.87. The van der Waals surface area contributed by atoms with Crippen LogP contribution in [0.25, 0.3) is 0 Å². The molecule has 3 nitrogen and oxygen atoms in total. The molecule has 14 heavy (non-hydrogen) atoms. The largest absolute Gasteiger partial charge is 0.241 e. The Morgan fingerprint density at radius 1 is 1.36 bits per heavy atom. The first kappa shape index (κ1) is 9.96. The van der Waals surface area contributed by atoms with Gasteiger partial charge in [-0.2, -0.15) is 0 Å². The van der Waals surface area contributed by atoms with Crippen molar-refractivity contribution in [1.29, 1.82) is 0 Å². The first-order chi connectivity index (χ1) is 6.34. The van der Waals surface area contributed by atoms with Gasteiger partial charge in [-0.15, -0.1) is 0 Å². The summed E-state index contributed by atoms with van der Waals surface area (Å²) in [5.41, 5.74) is 0.0358. The molecular formula is C9H10ClNO2S. The van der Waals surface area contributed by atoms with Gasteiger partial charge in [-0.25, -0.2) is 13.1 Å². The summed E-state index contributed by atoms with van der Waals surface area (Å²) in [6.45, 7) is 3.59. The van der Waals surface area contributed by atoms with Crippen LogP contribution in [0.2, 0.25) is 5.02 Å². The molecule has 0 aromatic heterocycles. The molecule has 0 saturated carbocycles. The zero-order valence-corrected chi connectivity index (χ0v) is 9.41. The van der Waals surface area contributed by atoms with Gasteiger partial charge >= 0.3 is 0 Å². The number of rotatable bonds is 0. The van der Waals surface area contributed by atoms with Gasteiger partial charge < -0.3 is 0 Å². The molecule has 0 saturated heterocycles. The van der Waals surface area contributed by atoms with Crippen LogP contribution in [0.1, 0.15) is 19.4 Å². The van der Waals surface area contributed by atoms with E-state index in [4.69, 9.17) is 11.6 Å². The summed E-state index contributed by atoms with van der Waals surface area (Å²) < 4.78 is 25.9. The molecule has 1 aliphatic rings. The Hall–Kier alpha value is -0.580. The molecule has 0 aliphatic carbocycles. The van der Waals surface area contributed by atoms with E-state index in [2.05, 4.69) is 4.72 Å². The summed E-state index contributed by atoms with van der Waals surface area (Å²) >= 11 is 5.98. The Bertz CT molecular complexity index is 494. The minimum absolute atomic E-state index is 0.287. The third kappa shape index (κ3) is 1.26. The minimum atomic E-state index is -3.37. The highest BCUT2D eigenvalue weighted by Crippen LogP contribution is 2.39. The van der Waals surface area contributed by atoms with Crippen LogP contribution in [-0.2, 0) is 15.6 Å². The Kier molecular flexibility index (Phi) is 1.93. The SMILES string of the molecule is CC1(C)NS(=O)(=O)c2cccc(Cl)c21. The van der Waals surface area contributed by atoms with Gasteiger partial charge in [0.2, 0.25) is 10.0 Å². The molecule has 0 atom stereocenters. The molecule has 5 heteroatoms. The lowest BCUT2D eigenvalue weighted by atomic mass is 9.96. The lowest BCUT2D eigenvalue weighted by Gasteiger charge is -2.18. The Morgan fingerprint density at radius 3 is 2.57 bits per heavy atom. The molecule has 1 heterocycles. The standard InChI is InChI=1S/C9H10ClNO2S/c1-9(2)8-6(10)4-3-5-7(8)14(12,13)11-9/h3-5,11H,1-2H3. The van der Waals surface area contributed by atoms with E-state index < -0.39 is 15.6 Å². The highest BCUT2D eigenvalue weighted by Gasteiger charge is 2.41. The molecule has 1 aromatic carbocycles. The van der Waals surface area contributed by atoms with Gasteiger partial charge in [0.05, 0.1) is 10.4 Å². The van der Waals surface area contributed by atoms with Crippen molar-refractivity contribution < 1.29 is 8.42 Å². The fourth-order valence-corrected chi connectivity index (χ4v) is 4.02. The van der Waals surface area contributed by atoms with E-state index in [1.807, 2.05) is 0 Å². The third-order valence-corrected chi connectivity index (χ3v) is 4.29. The zero-order valence-electron chi connectivity index (χ0n) is 7.83. The number of fused-ring (bicyclic) bond motifs is 1. The second kappa shape index (κ2) is 2.72. The first-order valence-electron chi connectivity index (χ1n) is 4.17. The predicted molar refractivity (Wildman–Crippen MR) is 54.8 cm³/mol. The van der Waals surface area contributed by atoms with Gasteiger partial charge in [0, 0.05) is 10.6 Å². The molecule has 0 radical (unpaired) electrons. The van der Waals surface area contributed by atoms with Crippen molar-refractivity contribution in [3.63, 3.8) is 0 Å². The average Bonchev–Trinajstić information content (AvgIpc) is 2.18. The Balaban J connectivity index is 2.86. The smallest absolute Gasteiger partial charge is 0.207 e. The van der Waals surface area contributed by atoms with Crippen LogP contribution in [0.3, 0.4) is 0 Å². The van der Waals surface area contributed by atoms with E-state index in [9.17, 15) is 8.42 Å². The molecule has 76 valence electrons. The Morgan fingerprint density at radius 2 is 2.00 bits per heavy atom. The molecule has 0 unspecified atom stereocenters. The average molecular weight is 232 g/mol. The van der Waals surface area contributed by atoms with Gasteiger partial charge in [-0.3, -0.25) is 0 Å². The summed E-state index contributed by atoms with van der Waals surface area (Å²) in [6, 6.07) is 4.91. The first-order valence-corrected chi connectivity index (χ1v) is 6.04. The molecule has 1 aromatic rings. The molecule has 0 bridgehead atoms. The van der Waals surface area contributed by atoms with Gasteiger partial charge in [0.25, 0.3) is 0 Å². The highest BCUT2D eigenvalue weighted by atomic mass is 35.5. The lowest BCUT2D eigenvalue weighted by Crippen LogP contribution is -2.33. The van der Waals surface area contributed by atoms with Crippen LogP contribution in [0, 0.1) is 0 Å². The lowest BCUT2D eigenvalue weighted by molar-refractivity contribution is 0.494. The topological polar surface area (TPSA) is 46.2 Å². The summed E-state index contributed by atoms with van der Waals surface area (Å²) in [5, 5.41) is 0.487. The van der Waals surface area contributed by atoms with Gasteiger partial charge in [0.15, 0.2) is 0 Å². The van der Waals surface area contributed by atoms with Crippen LogP contribution >= 0.6 is 11.6 Å². The summed E-state index contributed by atoms with van der Waals surface area (Å²) in [6.07, 6.45) is 0. The second-order valence-electron chi connectivity index (χ2n) is 3.84. The number of nitrogens with one attached hydrogen (secondary N) is 1. The quantitative estimate of drug-likeness (QED) is 0.741. The summed E-state index contributed by atoms with van der Waals surface area (Å²) in [5.74, 6) is 0. The van der Waals surface area contributed by atoms with Crippen molar-refractivity contribution in [3.05, 3.63) is 28.8 Å². The second-order valence-corrected chi connectivity index (χ2v) is 5.90. The highest BCUT2D eigenvalue weighted by molar-refractivity contribution is 7.89. The van der Waals surface area contributed by atoms with E-state index in [1.54, 1.807) is 32.0 Å². The van der Waals surface area contributed by atoms with E-state index >= 15 is 0 Å². The number of hydrogen-bond acceptors (Lipinski definition) is 2. The maximum atomic E-state index is 11.7. The fourth-order valence-electron chi connectivity index (χ4n) is 1.78. The molecular weight excluding hydrogens is 222 g/mol. The van der Waals surface area contributed by atoms with Crippen LogP contribution in [0.15, 0.2) is 23.1 Å². The molecule has 1 N–H and O–H groups in total. The number of benzene rings is 1. The van der Waals surface area contributed by atoms with Crippen molar-refractivity contribution in [3.8, 4) is 0 Å². The Labute approximate surface area is 88.1 Å². The van der Waals surface area contributed by atoms with Crippen LogP contribution < -0.4 is 4.72 Å². The molecule has 2 rings (SSSR count). The van der Waals surface area contributed by atoms with E-state index in [1.165, 1.54) is 0 Å². The zero-order chi connectivity index (χ0) is 10.6. The van der Waals surface area contributed by atoms with E-state index in [0.717, 1.165) is 0 Å². The monoisotopic (exact) mass is 231 g/mol. The van der Waals surface area contributed by atoms with Crippen molar-refractivity contribution in [2.75, 3.05) is 0 Å². The molecule has 0 fully saturated rings. The van der Waals surface area contributed by atoms with E-state index in [-0.39, 0.29) is 4.90 Å². The molecule has 0 amide bonds. The van der Waals surface area contributed by atoms with Crippen molar-refractivity contribution in [2.45, 2.75) is 24.3 Å². The van der Waals surface area contributed by atoms with Crippen LogP contribution in [-0.4, -0.2) is 8.42 Å².